The lowest BCUT2D eigenvalue weighted by molar-refractivity contribution is 0.511. The molecule has 2 rings (SSSR count). The number of hydrogen-bond donors (Lipinski definition) is 0. The van der Waals surface area contributed by atoms with E-state index in [1.54, 1.807) is 7.05 Å². The number of aryl methyl sites for hydroxylation is 1. The summed E-state index contributed by atoms with van der Waals surface area (Å²) in [4.78, 5) is 3.94. The summed E-state index contributed by atoms with van der Waals surface area (Å²) in [7, 11) is 1.62. The van der Waals surface area contributed by atoms with Gasteiger partial charge in [-0.3, -0.25) is 0 Å². The molecule has 0 amide bonds. The third-order valence-electron chi connectivity index (χ3n) is 2.13. The highest BCUT2D eigenvalue weighted by Crippen LogP contribution is 2.22. The fourth-order valence-electron chi connectivity index (χ4n) is 1.41. The van der Waals surface area contributed by atoms with Crippen molar-refractivity contribution in [3.8, 4) is 0 Å². The zero-order valence-corrected chi connectivity index (χ0v) is 7.59. The second kappa shape index (κ2) is 2.90. The maximum absolute atomic E-state index is 13.5. The number of fused-ring (bicyclic) bond motifs is 1. The quantitative estimate of drug-likeness (QED) is 0.682. The van der Waals surface area contributed by atoms with Crippen molar-refractivity contribution in [3.63, 3.8) is 0 Å². The Kier molecular flexibility index (Phi) is 1.84. The molecule has 4 heteroatoms. The summed E-state index contributed by atoms with van der Waals surface area (Å²) in [5.41, 5.74) is 0.739. The van der Waals surface area contributed by atoms with Gasteiger partial charge in [-0.1, -0.05) is 12.7 Å². The molecule has 0 N–H and O–H groups in total. The number of imidazole rings is 1. The van der Waals surface area contributed by atoms with Crippen molar-refractivity contribution < 1.29 is 8.78 Å². The van der Waals surface area contributed by atoms with E-state index in [0.29, 0.717) is 5.52 Å². The molecule has 2 aromatic rings. The Morgan fingerprint density at radius 1 is 1.43 bits per heavy atom. The monoisotopic (exact) mass is 194 g/mol. The average Bonchev–Trinajstić information content (AvgIpc) is 2.54. The first-order chi connectivity index (χ1) is 6.65. The molecule has 1 aromatic heterocycles. The van der Waals surface area contributed by atoms with Crippen LogP contribution in [0.1, 0.15) is 5.56 Å². The Bertz CT molecular complexity index is 514. The van der Waals surface area contributed by atoms with Gasteiger partial charge in [-0.15, -0.1) is 0 Å². The first-order valence-corrected chi connectivity index (χ1v) is 4.06. The van der Waals surface area contributed by atoms with E-state index in [2.05, 4.69) is 11.6 Å². The van der Waals surface area contributed by atoms with Crippen LogP contribution in [0.2, 0.25) is 0 Å². The van der Waals surface area contributed by atoms with E-state index < -0.39 is 11.6 Å². The summed E-state index contributed by atoms with van der Waals surface area (Å²) in [5, 5.41) is 0. The number of aromatic nitrogens is 2. The fraction of sp³-hybridized carbons (Fsp3) is 0.100. The predicted molar refractivity (Wildman–Crippen MR) is 50.7 cm³/mol. The molecule has 0 unspecified atom stereocenters. The van der Waals surface area contributed by atoms with Crippen molar-refractivity contribution in [1.82, 2.24) is 9.55 Å². The average molecular weight is 194 g/mol. The van der Waals surface area contributed by atoms with Gasteiger partial charge in [0, 0.05) is 12.6 Å². The number of halogens is 2. The molecule has 14 heavy (non-hydrogen) atoms. The SMILES string of the molecule is C=Cc1cc2ncn(C)c2c(F)c1F. The molecule has 0 spiro atoms. The van der Waals surface area contributed by atoms with Gasteiger partial charge in [-0.25, -0.2) is 13.8 Å². The fourth-order valence-corrected chi connectivity index (χ4v) is 1.41. The molecule has 2 nitrogen and oxygen atoms in total. The Morgan fingerprint density at radius 2 is 2.14 bits per heavy atom. The van der Waals surface area contributed by atoms with Crippen LogP contribution in [0.5, 0.6) is 0 Å². The highest BCUT2D eigenvalue weighted by atomic mass is 19.2. The molecule has 0 saturated heterocycles. The molecule has 0 saturated carbocycles. The van der Waals surface area contributed by atoms with Gasteiger partial charge in [0.1, 0.15) is 5.52 Å². The summed E-state index contributed by atoms with van der Waals surface area (Å²) in [5.74, 6) is -1.76. The van der Waals surface area contributed by atoms with Gasteiger partial charge in [0.05, 0.1) is 11.8 Å². The molecule has 0 aliphatic carbocycles. The normalized spacial score (nSPS) is 10.8. The van der Waals surface area contributed by atoms with Crippen LogP contribution < -0.4 is 0 Å². The van der Waals surface area contributed by atoms with Crippen molar-refractivity contribution in [3.05, 3.63) is 36.2 Å². The van der Waals surface area contributed by atoms with Gasteiger partial charge in [0.2, 0.25) is 0 Å². The van der Waals surface area contributed by atoms with Gasteiger partial charge < -0.3 is 4.57 Å². The molecule has 1 aromatic carbocycles. The van der Waals surface area contributed by atoms with E-state index in [4.69, 9.17) is 0 Å². The molecule has 0 bridgehead atoms. The molecular formula is C10H8F2N2. The Hall–Kier alpha value is -1.71. The largest absolute Gasteiger partial charge is 0.331 e. The van der Waals surface area contributed by atoms with Gasteiger partial charge in [-0.2, -0.15) is 0 Å². The Labute approximate surface area is 79.5 Å². The van der Waals surface area contributed by atoms with E-state index in [-0.39, 0.29) is 11.1 Å². The zero-order chi connectivity index (χ0) is 10.3. The molecule has 72 valence electrons. The minimum Gasteiger partial charge on any atom is -0.331 e. The summed E-state index contributed by atoms with van der Waals surface area (Å²) < 4.78 is 28.2. The lowest BCUT2D eigenvalue weighted by atomic mass is 10.1. The van der Waals surface area contributed by atoms with Gasteiger partial charge in [-0.05, 0) is 6.07 Å². The van der Waals surface area contributed by atoms with E-state index in [1.165, 1.54) is 23.0 Å². The lowest BCUT2D eigenvalue weighted by Gasteiger charge is -2.01. The maximum atomic E-state index is 13.5. The van der Waals surface area contributed by atoms with Crippen molar-refractivity contribution in [2.24, 2.45) is 7.05 Å². The van der Waals surface area contributed by atoms with Gasteiger partial charge >= 0.3 is 0 Å². The van der Waals surface area contributed by atoms with Crippen LogP contribution in [0.25, 0.3) is 17.1 Å². The van der Waals surface area contributed by atoms with Crippen LogP contribution >= 0.6 is 0 Å². The summed E-state index contributed by atoms with van der Waals surface area (Å²) >= 11 is 0. The summed E-state index contributed by atoms with van der Waals surface area (Å²) in [6.45, 7) is 3.41. The molecule has 0 aliphatic rings. The van der Waals surface area contributed by atoms with Crippen molar-refractivity contribution in [1.29, 1.82) is 0 Å². The van der Waals surface area contributed by atoms with Crippen molar-refractivity contribution in [2.75, 3.05) is 0 Å². The molecule has 0 fully saturated rings. The van der Waals surface area contributed by atoms with E-state index in [9.17, 15) is 8.78 Å². The standard InChI is InChI=1S/C10H8F2N2/c1-3-6-4-7-10(9(12)8(6)11)14(2)5-13-7/h3-5H,1H2,2H3. The third kappa shape index (κ3) is 1.04. The van der Waals surface area contributed by atoms with E-state index in [0.717, 1.165) is 0 Å². The second-order valence-electron chi connectivity index (χ2n) is 3.02. The second-order valence-corrected chi connectivity index (χ2v) is 3.02. The van der Waals surface area contributed by atoms with Crippen LogP contribution in [-0.2, 0) is 7.05 Å². The number of hydrogen-bond acceptors (Lipinski definition) is 1. The highest BCUT2D eigenvalue weighted by molar-refractivity contribution is 5.79. The molecule has 0 radical (unpaired) electrons. The van der Waals surface area contributed by atoms with Crippen LogP contribution in [-0.4, -0.2) is 9.55 Å². The lowest BCUT2D eigenvalue weighted by Crippen LogP contribution is -1.94. The first kappa shape index (κ1) is 8.87. The maximum Gasteiger partial charge on any atom is 0.185 e. The van der Waals surface area contributed by atoms with Crippen LogP contribution in [0.15, 0.2) is 19.0 Å². The zero-order valence-electron chi connectivity index (χ0n) is 7.59. The van der Waals surface area contributed by atoms with Crippen molar-refractivity contribution in [2.45, 2.75) is 0 Å². The predicted octanol–water partition coefficient (Wildman–Crippen LogP) is 2.49. The van der Waals surface area contributed by atoms with E-state index >= 15 is 0 Å². The summed E-state index contributed by atoms with van der Waals surface area (Å²) in [6.07, 6.45) is 2.71. The van der Waals surface area contributed by atoms with Gasteiger partial charge in [0.25, 0.3) is 0 Å². The first-order valence-electron chi connectivity index (χ1n) is 4.06. The van der Waals surface area contributed by atoms with Crippen LogP contribution in [0.4, 0.5) is 8.78 Å². The minimum absolute atomic E-state index is 0.133. The smallest absolute Gasteiger partial charge is 0.185 e. The Morgan fingerprint density at radius 3 is 2.79 bits per heavy atom. The number of nitrogens with zero attached hydrogens (tertiary/aromatic N) is 2. The van der Waals surface area contributed by atoms with Crippen LogP contribution in [0, 0.1) is 11.6 Å². The van der Waals surface area contributed by atoms with Crippen LogP contribution in [0.3, 0.4) is 0 Å². The molecule has 0 aliphatic heterocycles. The highest BCUT2D eigenvalue weighted by Gasteiger charge is 2.14. The minimum atomic E-state index is -0.879. The summed E-state index contributed by atoms with van der Waals surface area (Å²) in [6, 6.07) is 1.47. The number of benzene rings is 1. The number of rotatable bonds is 1. The topological polar surface area (TPSA) is 17.8 Å². The van der Waals surface area contributed by atoms with Crippen molar-refractivity contribution >= 4 is 17.1 Å². The van der Waals surface area contributed by atoms with E-state index in [1.807, 2.05) is 0 Å². The Balaban J connectivity index is 2.94. The van der Waals surface area contributed by atoms with Gasteiger partial charge in [0.15, 0.2) is 11.6 Å². The third-order valence-corrected chi connectivity index (χ3v) is 2.13. The molecule has 0 atom stereocenters. The molecule has 1 heterocycles. The molecular weight excluding hydrogens is 186 g/mol.